The van der Waals surface area contributed by atoms with Crippen molar-refractivity contribution in [2.75, 3.05) is 6.61 Å². The van der Waals surface area contributed by atoms with E-state index in [2.05, 4.69) is 5.32 Å². The second kappa shape index (κ2) is 8.47. The van der Waals surface area contributed by atoms with Crippen molar-refractivity contribution in [2.45, 2.75) is 50.6 Å². The van der Waals surface area contributed by atoms with Crippen molar-refractivity contribution in [1.29, 1.82) is 0 Å². The number of nitro groups is 1. The van der Waals surface area contributed by atoms with Crippen molar-refractivity contribution in [3.63, 3.8) is 0 Å². The van der Waals surface area contributed by atoms with Crippen LogP contribution in [0.3, 0.4) is 0 Å². The molecule has 7 nitrogen and oxygen atoms in total. The molecule has 1 saturated carbocycles. The lowest BCUT2D eigenvalue weighted by atomic mass is 9.94. The van der Waals surface area contributed by atoms with Gasteiger partial charge >= 0.3 is 5.97 Å². The lowest BCUT2D eigenvalue weighted by molar-refractivity contribution is -0.384. The molecule has 1 aromatic rings. The predicted octanol–water partition coefficient (Wildman–Crippen LogP) is 2.74. The molecule has 2 rings (SSSR count). The van der Waals surface area contributed by atoms with E-state index in [1.165, 1.54) is 30.7 Å². The molecule has 1 aliphatic rings. The molecule has 1 aliphatic carbocycles. The average Bonchev–Trinajstić information content (AvgIpc) is 2.55. The highest BCUT2D eigenvalue weighted by atomic mass is 16.6. The van der Waals surface area contributed by atoms with Crippen LogP contribution < -0.4 is 10.1 Å². The van der Waals surface area contributed by atoms with Crippen molar-refractivity contribution >= 4 is 11.7 Å². The lowest BCUT2D eigenvalue weighted by Crippen LogP contribution is -2.44. The number of hydrogen-bond donors (Lipinski definition) is 2. The summed E-state index contributed by atoms with van der Waals surface area (Å²) in [7, 11) is 0. The van der Waals surface area contributed by atoms with Crippen LogP contribution in [0.4, 0.5) is 5.69 Å². The number of nitrogens with zero attached hydrogens (tertiary/aromatic N) is 1. The zero-order valence-corrected chi connectivity index (χ0v) is 12.9. The number of carboxylic acid groups (broad SMARTS) is 1. The van der Waals surface area contributed by atoms with Crippen LogP contribution in [0.2, 0.25) is 0 Å². The third-order valence-corrected chi connectivity index (χ3v) is 4.06. The number of hydrogen-bond acceptors (Lipinski definition) is 5. The zero-order valence-electron chi connectivity index (χ0n) is 12.9. The van der Waals surface area contributed by atoms with Crippen LogP contribution >= 0.6 is 0 Å². The predicted molar refractivity (Wildman–Crippen MR) is 84.6 cm³/mol. The number of aliphatic carboxylic acids is 1. The fourth-order valence-electron chi connectivity index (χ4n) is 2.79. The number of non-ortho nitro benzene ring substituents is 1. The van der Waals surface area contributed by atoms with Crippen molar-refractivity contribution in [2.24, 2.45) is 0 Å². The molecule has 0 spiro atoms. The van der Waals surface area contributed by atoms with Crippen LogP contribution in [0.25, 0.3) is 0 Å². The molecule has 1 atom stereocenters. The second-order valence-corrected chi connectivity index (χ2v) is 5.78. The SMILES string of the molecule is O=C(O)C(CCOc1ccc([N+](=O)[O-])cc1)NC1CCCCC1. The van der Waals surface area contributed by atoms with E-state index in [9.17, 15) is 20.0 Å². The third-order valence-electron chi connectivity index (χ3n) is 4.06. The van der Waals surface area contributed by atoms with E-state index in [0.29, 0.717) is 12.2 Å². The van der Waals surface area contributed by atoms with Crippen LogP contribution in [-0.4, -0.2) is 34.7 Å². The first-order valence-electron chi connectivity index (χ1n) is 7.92. The minimum Gasteiger partial charge on any atom is -0.494 e. The maximum absolute atomic E-state index is 11.3. The van der Waals surface area contributed by atoms with Gasteiger partial charge in [0.05, 0.1) is 11.5 Å². The fraction of sp³-hybridized carbons (Fsp3) is 0.562. The Bertz CT molecular complexity index is 526. The molecule has 1 unspecified atom stereocenters. The number of ether oxygens (including phenoxy) is 1. The Hall–Kier alpha value is -2.15. The van der Waals surface area contributed by atoms with Gasteiger partial charge < -0.3 is 15.2 Å². The first-order valence-corrected chi connectivity index (χ1v) is 7.92. The first kappa shape index (κ1) is 17.2. The molecule has 0 saturated heterocycles. The second-order valence-electron chi connectivity index (χ2n) is 5.78. The molecule has 23 heavy (non-hydrogen) atoms. The molecule has 0 aromatic heterocycles. The van der Waals surface area contributed by atoms with E-state index in [1.807, 2.05) is 0 Å². The van der Waals surface area contributed by atoms with E-state index < -0.39 is 16.9 Å². The van der Waals surface area contributed by atoms with E-state index >= 15 is 0 Å². The Morgan fingerprint density at radius 2 is 1.96 bits per heavy atom. The number of nitrogens with one attached hydrogen (secondary N) is 1. The highest BCUT2D eigenvalue weighted by Crippen LogP contribution is 2.19. The van der Waals surface area contributed by atoms with E-state index in [0.717, 1.165) is 25.7 Å². The highest BCUT2D eigenvalue weighted by Gasteiger charge is 2.22. The minimum atomic E-state index is -0.872. The Kier molecular flexibility index (Phi) is 6.34. The van der Waals surface area contributed by atoms with Gasteiger partial charge in [-0.15, -0.1) is 0 Å². The van der Waals surface area contributed by atoms with Gasteiger partial charge in [-0.05, 0) is 25.0 Å². The summed E-state index contributed by atoms with van der Waals surface area (Å²) in [6.45, 7) is 0.245. The third kappa shape index (κ3) is 5.52. The molecule has 7 heteroatoms. The van der Waals surface area contributed by atoms with Crippen molar-refractivity contribution in [3.05, 3.63) is 34.4 Å². The zero-order chi connectivity index (χ0) is 16.7. The first-order chi connectivity index (χ1) is 11.1. The summed E-state index contributed by atoms with van der Waals surface area (Å²) in [5, 5.41) is 23.1. The molecule has 0 radical (unpaired) electrons. The molecule has 0 amide bonds. The van der Waals surface area contributed by atoms with Gasteiger partial charge in [-0.25, -0.2) is 0 Å². The molecule has 1 fully saturated rings. The number of benzene rings is 1. The summed E-state index contributed by atoms with van der Waals surface area (Å²) in [4.78, 5) is 21.4. The molecule has 0 heterocycles. The quantitative estimate of drug-likeness (QED) is 0.563. The summed E-state index contributed by atoms with van der Waals surface area (Å²) in [6.07, 6.45) is 5.90. The molecule has 0 aliphatic heterocycles. The van der Waals surface area contributed by atoms with Gasteiger partial charge in [0, 0.05) is 24.6 Å². The Morgan fingerprint density at radius 3 is 2.52 bits per heavy atom. The number of rotatable bonds is 8. The topological polar surface area (TPSA) is 102 Å². The van der Waals surface area contributed by atoms with Crippen molar-refractivity contribution < 1.29 is 19.6 Å². The van der Waals surface area contributed by atoms with Crippen LogP contribution in [0.1, 0.15) is 38.5 Å². The number of carbonyl (C=O) groups is 1. The van der Waals surface area contributed by atoms with Crippen molar-refractivity contribution in [1.82, 2.24) is 5.32 Å². The van der Waals surface area contributed by atoms with Gasteiger partial charge in [0.2, 0.25) is 0 Å². The number of nitro benzene ring substituents is 1. The Morgan fingerprint density at radius 1 is 1.30 bits per heavy atom. The fourth-order valence-corrected chi connectivity index (χ4v) is 2.79. The van der Waals surface area contributed by atoms with E-state index in [1.54, 1.807) is 0 Å². The maximum Gasteiger partial charge on any atom is 0.320 e. The van der Waals surface area contributed by atoms with Gasteiger partial charge in [-0.2, -0.15) is 0 Å². The van der Waals surface area contributed by atoms with Gasteiger partial charge in [-0.3, -0.25) is 14.9 Å². The van der Waals surface area contributed by atoms with Gasteiger partial charge in [0.25, 0.3) is 5.69 Å². The lowest BCUT2D eigenvalue weighted by Gasteiger charge is -2.26. The van der Waals surface area contributed by atoms with Gasteiger partial charge in [0.1, 0.15) is 11.8 Å². The normalized spacial score (nSPS) is 16.7. The smallest absolute Gasteiger partial charge is 0.320 e. The molecular weight excluding hydrogens is 300 g/mol. The summed E-state index contributed by atoms with van der Waals surface area (Å²) in [6, 6.07) is 5.40. The monoisotopic (exact) mass is 322 g/mol. The van der Waals surface area contributed by atoms with Crippen LogP contribution in [-0.2, 0) is 4.79 Å². The molecule has 2 N–H and O–H groups in total. The molecule has 126 valence electrons. The molecule has 0 bridgehead atoms. The minimum absolute atomic E-state index is 0.000252. The van der Waals surface area contributed by atoms with Crippen LogP contribution in [0.15, 0.2) is 24.3 Å². The number of carboxylic acids is 1. The van der Waals surface area contributed by atoms with Gasteiger partial charge in [-0.1, -0.05) is 19.3 Å². The summed E-state index contributed by atoms with van der Waals surface area (Å²) in [5.41, 5.74) is -0.000252. The summed E-state index contributed by atoms with van der Waals surface area (Å²) < 4.78 is 5.48. The molecular formula is C16H22N2O5. The standard InChI is InChI=1S/C16H22N2O5/c19-16(20)15(17-12-4-2-1-3-5-12)10-11-23-14-8-6-13(7-9-14)18(21)22/h6-9,12,15,17H,1-5,10-11H2,(H,19,20). The summed E-state index contributed by atoms with van der Waals surface area (Å²) in [5.74, 6) is -0.375. The van der Waals surface area contributed by atoms with Crippen LogP contribution in [0, 0.1) is 10.1 Å². The van der Waals surface area contributed by atoms with Crippen LogP contribution in [0.5, 0.6) is 5.75 Å². The average molecular weight is 322 g/mol. The largest absolute Gasteiger partial charge is 0.494 e. The van der Waals surface area contributed by atoms with E-state index in [-0.39, 0.29) is 18.3 Å². The molecule has 1 aromatic carbocycles. The highest BCUT2D eigenvalue weighted by molar-refractivity contribution is 5.73. The maximum atomic E-state index is 11.3. The Balaban J connectivity index is 1.79. The van der Waals surface area contributed by atoms with E-state index in [4.69, 9.17) is 4.74 Å². The summed E-state index contributed by atoms with van der Waals surface area (Å²) >= 11 is 0. The Labute approximate surface area is 134 Å². The van der Waals surface area contributed by atoms with Gasteiger partial charge in [0.15, 0.2) is 0 Å². The van der Waals surface area contributed by atoms with Crippen molar-refractivity contribution in [3.8, 4) is 5.75 Å².